The Morgan fingerprint density at radius 2 is 2.33 bits per heavy atom. The van der Waals surface area contributed by atoms with E-state index in [-0.39, 0.29) is 6.04 Å². The van der Waals surface area contributed by atoms with Crippen LogP contribution in [-0.4, -0.2) is 13.7 Å². The van der Waals surface area contributed by atoms with Gasteiger partial charge in [-0.05, 0) is 24.6 Å². The third kappa shape index (κ3) is 3.94. The summed E-state index contributed by atoms with van der Waals surface area (Å²) in [6.07, 6.45) is 0. The minimum absolute atomic E-state index is 0.232. The predicted molar refractivity (Wildman–Crippen MR) is 64.4 cm³/mol. The van der Waals surface area contributed by atoms with E-state index in [0.717, 1.165) is 5.75 Å². The van der Waals surface area contributed by atoms with Gasteiger partial charge >= 0.3 is 0 Å². The summed E-state index contributed by atoms with van der Waals surface area (Å²) in [7, 11) is 1.66. The van der Waals surface area contributed by atoms with E-state index in [0.29, 0.717) is 11.6 Å². The molecule has 2 nitrogen and oxygen atoms in total. The lowest BCUT2D eigenvalue weighted by Crippen LogP contribution is -2.19. The van der Waals surface area contributed by atoms with E-state index in [1.807, 2.05) is 18.2 Å². The Morgan fingerprint density at radius 1 is 1.60 bits per heavy atom. The number of hydrogen-bond acceptors (Lipinski definition) is 2. The lowest BCUT2D eigenvalue weighted by molar-refractivity contribution is 0.413. The van der Waals surface area contributed by atoms with Crippen LogP contribution in [0.15, 0.2) is 35.9 Å². The summed E-state index contributed by atoms with van der Waals surface area (Å²) in [5, 5.41) is 3.88. The van der Waals surface area contributed by atoms with Crippen LogP contribution in [0.5, 0.6) is 5.75 Å². The molecule has 0 saturated carbocycles. The lowest BCUT2D eigenvalue weighted by Gasteiger charge is -2.14. The third-order valence-electron chi connectivity index (χ3n) is 2.19. The van der Waals surface area contributed by atoms with Gasteiger partial charge in [-0.3, -0.25) is 0 Å². The van der Waals surface area contributed by atoms with Gasteiger partial charge in [0.15, 0.2) is 0 Å². The molecule has 0 aliphatic rings. The molecule has 1 aromatic carbocycles. The fourth-order valence-corrected chi connectivity index (χ4v) is 1.37. The summed E-state index contributed by atoms with van der Waals surface area (Å²) in [5.41, 5.74) is 1.17. The molecule has 1 N–H and O–H groups in total. The molecule has 0 fully saturated rings. The summed E-state index contributed by atoms with van der Waals surface area (Å²) in [5.74, 6) is 0.867. The van der Waals surface area contributed by atoms with Gasteiger partial charge in [-0.2, -0.15) is 0 Å². The van der Waals surface area contributed by atoms with E-state index < -0.39 is 0 Å². The van der Waals surface area contributed by atoms with Gasteiger partial charge in [-0.15, -0.1) is 0 Å². The monoisotopic (exact) mass is 225 g/mol. The topological polar surface area (TPSA) is 21.3 Å². The molecule has 0 amide bonds. The van der Waals surface area contributed by atoms with Crippen molar-refractivity contribution in [3.05, 3.63) is 41.4 Å². The highest BCUT2D eigenvalue weighted by Gasteiger charge is 2.05. The molecule has 0 aliphatic heterocycles. The zero-order chi connectivity index (χ0) is 11.3. The average molecular weight is 226 g/mol. The van der Waals surface area contributed by atoms with Crippen molar-refractivity contribution in [2.24, 2.45) is 0 Å². The molecular formula is C12H16ClNO. The SMILES string of the molecule is C=C(Cl)CN[C@H](C)c1cccc(OC)c1. The van der Waals surface area contributed by atoms with Gasteiger partial charge in [0.05, 0.1) is 7.11 Å². The molecule has 0 saturated heterocycles. The van der Waals surface area contributed by atoms with Crippen LogP contribution in [0, 0.1) is 0 Å². The smallest absolute Gasteiger partial charge is 0.119 e. The van der Waals surface area contributed by atoms with Crippen LogP contribution in [0.4, 0.5) is 0 Å². The number of benzene rings is 1. The molecule has 3 heteroatoms. The largest absolute Gasteiger partial charge is 0.497 e. The molecule has 1 rings (SSSR count). The summed E-state index contributed by atoms with van der Waals surface area (Å²) in [4.78, 5) is 0. The van der Waals surface area contributed by atoms with Gasteiger partial charge in [0.2, 0.25) is 0 Å². The Labute approximate surface area is 95.9 Å². The van der Waals surface area contributed by atoms with Gasteiger partial charge in [-0.1, -0.05) is 30.3 Å². The highest BCUT2D eigenvalue weighted by Crippen LogP contribution is 2.18. The van der Waals surface area contributed by atoms with E-state index in [4.69, 9.17) is 16.3 Å². The first-order valence-corrected chi connectivity index (χ1v) is 5.22. The number of halogens is 1. The van der Waals surface area contributed by atoms with Crippen LogP contribution in [-0.2, 0) is 0 Å². The summed E-state index contributed by atoms with van der Waals surface area (Å²) in [6.45, 7) is 6.32. The second-order valence-corrected chi connectivity index (χ2v) is 3.93. The predicted octanol–water partition coefficient (Wildman–Crippen LogP) is 3.10. The Balaban J connectivity index is 2.64. The molecule has 15 heavy (non-hydrogen) atoms. The van der Waals surface area contributed by atoms with Gasteiger partial charge < -0.3 is 10.1 Å². The summed E-state index contributed by atoms with van der Waals surface area (Å²) in [6, 6.07) is 8.19. The molecule has 0 aliphatic carbocycles. The molecule has 0 unspecified atom stereocenters. The number of rotatable bonds is 5. The molecule has 0 bridgehead atoms. The molecule has 0 aromatic heterocycles. The standard InChI is InChI=1S/C12H16ClNO/c1-9(13)8-14-10(2)11-5-4-6-12(7-11)15-3/h4-7,10,14H,1,8H2,2-3H3/t10-/m1/s1. The molecule has 0 radical (unpaired) electrons. The molecule has 0 spiro atoms. The Bertz CT molecular complexity index is 338. The molecule has 1 aromatic rings. The van der Waals surface area contributed by atoms with Crippen LogP contribution in [0.25, 0.3) is 0 Å². The van der Waals surface area contributed by atoms with Crippen molar-refractivity contribution in [1.29, 1.82) is 0 Å². The lowest BCUT2D eigenvalue weighted by atomic mass is 10.1. The van der Waals surface area contributed by atoms with Crippen molar-refractivity contribution in [3.63, 3.8) is 0 Å². The third-order valence-corrected chi connectivity index (χ3v) is 2.33. The van der Waals surface area contributed by atoms with Crippen LogP contribution in [0.3, 0.4) is 0 Å². The number of hydrogen-bond donors (Lipinski definition) is 1. The van der Waals surface area contributed by atoms with Crippen LogP contribution in [0.1, 0.15) is 18.5 Å². The quantitative estimate of drug-likeness (QED) is 0.832. The molecular weight excluding hydrogens is 210 g/mol. The number of ether oxygens (including phenoxy) is 1. The van der Waals surface area contributed by atoms with E-state index >= 15 is 0 Å². The van der Waals surface area contributed by atoms with Gasteiger partial charge in [0.25, 0.3) is 0 Å². The molecule has 1 atom stereocenters. The molecule has 82 valence electrons. The first-order valence-electron chi connectivity index (χ1n) is 4.84. The summed E-state index contributed by atoms with van der Waals surface area (Å²) >= 11 is 5.69. The first kappa shape index (κ1) is 12.1. The zero-order valence-electron chi connectivity index (χ0n) is 9.09. The number of nitrogens with one attached hydrogen (secondary N) is 1. The van der Waals surface area contributed by atoms with Crippen molar-refractivity contribution >= 4 is 11.6 Å². The maximum Gasteiger partial charge on any atom is 0.119 e. The van der Waals surface area contributed by atoms with Gasteiger partial charge in [0.1, 0.15) is 5.75 Å². The minimum Gasteiger partial charge on any atom is -0.497 e. The molecule has 0 heterocycles. The fourth-order valence-electron chi connectivity index (χ4n) is 1.29. The number of methoxy groups -OCH3 is 1. The maximum atomic E-state index is 5.69. The van der Waals surface area contributed by atoms with Crippen LogP contribution >= 0.6 is 11.6 Å². The highest BCUT2D eigenvalue weighted by molar-refractivity contribution is 6.29. The van der Waals surface area contributed by atoms with Crippen molar-refractivity contribution in [2.45, 2.75) is 13.0 Å². The van der Waals surface area contributed by atoms with Gasteiger partial charge in [0, 0.05) is 17.6 Å². The van der Waals surface area contributed by atoms with Crippen LogP contribution < -0.4 is 10.1 Å². The fraction of sp³-hybridized carbons (Fsp3) is 0.333. The minimum atomic E-state index is 0.232. The van der Waals surface area contributed by atoms with E-state index in [9.17, 15) is 0 Å². The first-order chi connectivity index (χ1) is 7.13. The second kappa shape index (κ2) is 5.79. The summed E-state index contributed by atoms with van der Waals surface area (Å²) < 4.78 is 5.16. The zero-order valence-corrected chi connectivity index (χ0v) is 9.84. The average Bonchev–Trinajstić information content (AvgIpc) is 2.26. The van der Waals surface area contributed by atoms with Crippen molar-refractivity contribution in [3.8, 4) is 5.75 Å². The Hall–Kier alpha value is -0.990. The van der Waals surface area contributed by atoms with Gasteiger partial charge in [-0.25, -0.2) is 0 Å². The maximum absolute atomic E-state index is 5.69. The Morgan fingerprint density at radius 3 is 2.93 bits per heavy atom. The van der Waals surface area contributed by atoms with Crippen molar-refractivity contribution < 1.29 is 4.74 Å². The highest BCUT2D eigenvalue weighted by atomic mass is 35.5. The van der Waals surface area contributed by atoms with Crippen LogP contribution in [0.2, 0.25) is 0 Å². The second-order valence-electron chi connectivity index (χ2n) is 3.40. The van der Waals surface area contributed by atoms with Crippen molar-refractivity contribution in [2.75, 3.05) is 13.7 Å². The van der Waals surface area contributed by atoms with E-state index in [1.54, 1.807) is 7.11 Å². The Kier molecular flexibility index (Phi) is 4.66. The van der Waals surface area contributed by atoms with E-state index in [2.05, 4.69) is 24.9 Å². The van der Waals surface area contributed by atoms with Crippen molar-refractivity contribution in [1.82, 2.24) is 5.32 Å². The van der Waals surface area contributed by atoms with E-state index in [1.165, 1.54) is 5.56 Å². The normalized spacial score (nSPS) is 12.2.